The molecule has 0 saturated carbocycles. The minimum atomic E-state index is -4.78. The molecule has 208 valence electrons. The van der Waals surface area contributed by atoms with Gasteiger partial charge in [0.1, 0.15) is 11.9 Å². The highest BCUT2D eigenvalue weighted by atomic mass is 35.5. The Morgan fingerprint density at radius 2 is 2.05 bits per heavy atom. The van der Waals surface area contributed by atoms with Crippen LogP contribution in [0.4, 0.5) is 24.9 Å². The number of carboxylic acid groups (broad SMARTS) is 1. The molecule has 2 fully saturated rings. The smallest absolute Gasteiger partial charge is 0.429 e. The van der Waals surface area contributed by atoms with Gasteiger partial charge in [-0.15, -0.1) is 11.3 Å². The van der Waals surface area contributed by atoms with Crippen LogP contribution in [0.2, 0.25) is 5.02 Å². The van der Waals surface area contributed by atoms with Gasteiger partial charge in [-0.05, 0) is 43.7 Å². The molecule has 2 unspecified atom stereocenters. The summed E-state index contributed by atoms with van der Waals surface area (Å²) in [6.45, 7) is 3.45. The van der Waals surface area contributed by atoms with E-state index in [1.807, 2.05) is 4.90 Å². The molecule has 0 aliphatic carbocycles. The topological polar surface area (TPSA) is 126 Å². The average molecular weight is 583 g/mol. The van der Waals surface area contributed by atoms with E-state index in [9.17, 15) is 23.1 Å². The number of halogens is 4. The fourth-order valence-electron chi connectivity index (χ4n) is 5.22. The van der Waals surface area contributed by atoms with Crippen LogP contribution in [0.15, 0.2) is 30.5 Å². The third-order valence-electron chi connectivity index (χ3n) is 7.23. The summed E-state index contributed by atoms with van der Waals surface area (Å²) in [6, 6.07) is 4.92. The lowest BCUT2D eigenvalue weighted by molar-refractivity contribution is -0.198. The van der Waals surface area contributed by atoms with Gasteiger partial charge in [-0.2, -0.15) is 23.1 Å². The Morgan fingerprint density at radius 1 is 1.31 bits per heavy atom. The normalized spacial score (nSPS) is 19.8. The highest BCUT2D eigenvalue weighted by Gasteiger charge is 2.46. The zero-order valence-corrected chi connectivity index (χ0v) is 22.4. The highest BCUT2D eigenvalue weighted by molar-refractivity contribution is 7.15. The number of ether oxygens (including phenoxy) is 1. The number of nitrogen functional groups attached to an aromatic ring is 1. The van der Waals surface area contributed by atoms with Crippen LogP contribution >= 0.6 is 22.9 Å². The lowest BCUT2D eigenvalue weighted by Crippen LogP contribution is -2.41. The first kappa shape index (κ1) is 27.4. The Balaban J connectivity index is 1.40. The van der Waals surface area contributed by atoms with Crippen molar-refractivity contribution >= 4 is 40.7 Å². The molecule has 39 heavy (non-hydrogen) atoms. The lowest BCUT2D eigenvalue weighted by Gasteiger charge is -2.39. The van der Waals surface area contributed by atoms with Crippen LogP contribution in [0.3, 0.4) is 0 Å². The van der Waals surface area contributed by atoms with Gasteiger partial charge in [0.05, 0.1) is 9.88 Å². The van der Waals surface area contributed by atoms with Gasteiger partial charge in [0.25, 0.3) is 0 Å². The van der Waals surface area contributed by atoms with Crippen molar-refractivity contribution in [3.05, 3.63) is 46.1 Å². The van der Waals surface area contributed by atoms with E-state index in [1.54, 1.807) is 6.92 Å². The molecule has 2 aliphatic rings. The average Bonchev–Trinajstić information content (AvgIpc) is 3.49. The predicted molar refractivity (Wildman–Crippen MR) is 141 cm³/mol. The molecule has 14 heteroatoms. The number of carbonyl (C=O) groups is 1. The Morgan fingerprint density at radius 3 is 2.67 bits per heavy atom. The summed E-state index contributed by atoms with van der Waals surface area (Å²) in [5.74, 6) is -1.04. The second-order valence-corrected chi connectivity index (χ2v) is 11.6. The second-order valence-electron chi connectivity index (χ2n) is 9.90. The number of aromatic nitrogens is 3. The maximum atomic E-state index is 14.4. The SMILES string of the molecule is Cc1ncc(-c2cc(Cl)ccc2C(Oc2cc(N3CCC4(CC3)CNC(C(=O)O)C4)nc(N)n2)C(F)(F)F)s1. The number of carboxylic acids is 1. The fraction of sp³-hybridized carbons (Fsp3) is 0.440. The van der Waals surface area contributed by atoms with Gasteiger partial charge in [-0.25, -0.2) is 4.98 Å². The van der Waals surface area contributed by atoms with E-state index in [1.165, 1.54) is 41.8 Å². The largest absolute Gasteiger partial charge is 0.480 e. The molecule has 5 rings (SSSR count). The fourth-order valence-corrected chi connectivity index (χ4v) is 6.21. The van der Waals surface area contributed by atoms with Crippen molar-refractivity contribution in [1.29, 1.82) is 0 Å². The Hall–Kier alpha value is -3.16. The molecule has 9 nitrogen and oxygen atoms in total. The monoisotopic (exact) mass is 582 g/mol. The van der Waals surface area contributed by atoms with E-state index in [2.05, 4.69) is 20.3 Å². The van der Waals surface area contributed by atoms with E-state index < -0.39 is 24.3 Å². The van der Waals surface area contributed by atoms with Gasteiger partial charge in [0, 0.05) is 48.0 Å². The summed E-state index contributed by atoms with van der Waals surface area (Å²) in [6.07, 6.45) is -3.68. The molecule has 0 amide bonds. The van der Waals surface area contributed by atoms with Crippen LogP contribution in [0.25, 0.3) is 10.4 Å². The molecule has 3 aromatic rings. The third-order valence-corrected chi connectivity index (χ3v) is 8.41. The molecule has 1 aromatic carbocycles. The standard InChI is InChI=1S/C25H26ClF3N6O3S/c1-13-31-11-18(39-13)16-8-14(26)2-3-15(16)21(25(27,28)29)38-20-9-19(33-23(30)34-20)35-6-4-24(5-7-35)10-17(22(36)37)32-12-24/h2-3,8-9,11,17,21,32H,4-7,10,12H2,1H3,(H,36,37)(H2,30,33,34). The van der Waals surface area contributed by atoms with Crippen LogP contribution in [0.1, 0.15) is 35.9 Å². The molecule has 2 aliphatic heterocycles. The van der Waals surface area contributed by atoms with Gasteiger partial charge >= 0.3 is 12.1 Å². The number of alkyl halides is 3. The summed E-state index contributed by atoms with van der Waals surface area (Å²) < 4.78 is 48.7. The number of rotatable bonds is 6. The van der Waals surface area contributed by atoms with Crippen molar-refractivity contribution in [1.82, 2.24) is 20.3 Å². The van der Waals surface area contributed by atoms with Gasteiger partial charge in [0.2, 0.25) is 17.9 Å². The minimum absolute atomic E-state index is 0.129. The molecule has 4 N–H and O–H groups in total. The van der Waals surface area contributed by atoms with Crippen LogP contribution in [-0.2, 0) is 4.79 Å². The molecule has 2 atom stereocenters. The predicted octanol–water partition coefficient (Wildman–Crippen LogP) is 4.86. The molecule has 0 radical (unpaired) electrons. The Kier molecular flexibility index (Phi) is 7.33. The van der Waals surface area contributed by atoms with E-state index in [0.29, 0.717) is 54.6 Å². The Bertz CT molecular complexity index is 1380. The zero-order valence-electron chi connectivity index (χ0n) is 20.8. The molecule has 2 saturated heterocycles. The number of aliphatic carboxylic acids is 1. The second kappa shape index (κ2) is 10.4. The van der Waals surface area contributed by atoms with Crippen LogP contribution in [-0.4, -0.2) is 57.9 Å². The first-order valence-electron chi connectivity index (χ1n) is 12.2. The molecular formula is C25H26ClF3N6O3S. The highest BCUT2D eigenvalue weighted by Crippen LogP contribution is 2.44. The first-order valence-corrected chi connectivity index (χ1v) is 13.4. The number of thiazole rings is 1. The van der Waals surface area contributed by atoms with Gasteiger partial charge in [-0.1, -0.05) is 17.7 Å². The number of nitrogens with two attached hydrogens (primary N) is 1. The van der Waals surface area contributed by atoms with E-state index in [4.69, 9.17) is 22.1 Å². The van der Waals surface area contributed by atoms with Crippen molar-refractivity contribution in [3.8, 4) is 16.3 Å². The van der Waals surface area contributed by atoms with Crippen molar-refractivity contribution in [3.63, 3.8) is 0 Å². The maximum Gasteiger partial charge on any atom is 0.429 e. The number of anilines is 2. The van der Waals surface area contributed by atoms with Crippen LogP contribution < -0.4 is 20.7 Å². The Labute approximate surface area is 231 Å². The van der Waals surface area contributed by atoms with Crippen LogP contribution in [0, 0.1) is 12.3 Å². The van der Waals surface area contributed by atoms with E-state index in [0.717, 1.165) is 0 Å². The summed E-state index contributed by atoms with van der Waals surface area (Å²) >= 11 is 7.38. The number of nitrogens with one attached hydrogen (secondary N) is 1. The van der Waals surface area contributed by atoms with E-state index >= 15 is 0 Å². The van der Waals surface area contributed by atoms with Crippen molar-refractivity contribution in [2.45, 2.75) is 44.5 Å². The molecule has 1 spiro atoms. The zero-order chi connectivity index (χ0) is 27.9. The lowest BCUT2D eigenvalue weighted by atomic mass is 9.76. The van der Waals surface area contributed by atoms with Crippen molar-refractivity contribution in [2.24, 2.45) is 5.41 Å². The molecule has 0 bridgehead atoms. The quantitative estimate of drug-likeness (QED) is 0.373. The van der Waals surface area contributed by atoms with Crippen molar-refractivity contribution in [2.75, 3.05) is 30.3 Å². The summed E-state index contributed by atoms with van der Waals surface area (Å²) in [5.41, 5.74) is 5.89. The summed E-state index contributed by atoms with van der Waals surface area (Å²) in [5, 5.41) is 13.4. The molecule has 4 heterocycles. The van der Waals surface area contributed by atoms with Crippen molar-refractivity contribution < 1.29 is 27.8 Å². The summed E-state index contributed by atoms with van der Waals surface area (Å²) in [4.78, 5) is 26.1. The third kappa shape index (κ3) is 5.89. The molecular weight excluding hydrogens is 557 g/mol. The number of hydrogen-bond acceptors (Lipinski definition) is 9. The number of piperidine rings is 1. The van der Waals surface area contributed by atoms with Gasteiger partial charge in [-0.3, -0.25) is 4.79 Å². The summed E-state index contributed by atoms with van der Waals surface area (Å²) in [7, 11) is 0. The number of hydrogen-bond donors (Lipinski definition) is 3. The molecule has 2 aromatic heterocycles. The van der Waals surface area contributed by atoms with Gasteiger partial charge in [0.15, 0.2) is 0 Å². The number of aryl methyl sites for hydroxylation is 1. The van der Waals surface area contributed by atoms with E-state index in [-0.39, 0.29) is 33.4 Å². The first-order chi connectivity index (χ1) is 18.4. The minimum Gasteiger partial charge on any atom is -0.480 e. The van der Waals surface area contributed by atoms with Crippen LogP contribution in [0.5, 0.6) is 5.88 Å². The maximum absolute atomic E-state index is 14.4. The number of nitrogens with zero attached hydrogens (tertiary/aromatic N) is 4. The van der Waals surface area contributed by atoms with Gasteiger partial charge < -0.3 is 25.8 Å². The number of benzene rings is 1.